The number of alkyl halides is 3. The van der Waals surface area contributed by atoms with Gasteiger partial charge in [0.1, 0.15) is 5.75 Å². The fourth-order valence-corrected chi connectivity index (χ4v) is 1.90. The molecule has 0 aliphatic heterocycles. The second kappa shape index (κ2) is 6.70. The molecule has 0 aliphatic rings. The Morgan fingerprint density at radius 2 is 1.74 bits per heavy atom. The van der Waals surface area contributed by atoms with Gasteiger partial charge in [0.05, 0.1) is 5.56 Å². The molecule has 0 saturated carbocycles. The number of para-hydroxylation sites is 1. The van der Waals surface area contributed by atoms with Gasteiger partial charge in [-0.2, -0.15) is 0 Å². The number of hydrogen-bond donors (Lipinski definition) is 1. The number of amides is 1. The Hall–Kier alpha value is -2.54. The van der Waals surface area contributed by atoms with Crippen LogP contribution in [0.2, 0.25) is 0 Å². The quantitative estimate of drug-likeness (QED) is 0.846. The van der Waals surface area contributed by atoms with Crippen molar-refractivity contribution in [3.8, 4) is 5.75 Å². The summed E-state index contributed by atoms with van der Waals surface area (Å²) in [5.74, 6) is -1.44. The van der Waals surface area contributed by atoms with Crippen LogP contribution in [-0.4, -0.2) is 17.5 Å². The van der Waals surface area contributed by atoms with Crippen molar-refractivity contribution in [2.24, 2.45) is 0 Å². The van der Waals surface area contributed by atoms with E-state index in [2.05, 4.69) is 10.1 Å². The van der Waals surface area contributed by atoms with Crippen LogP contribution in [0.3, 0.4) is 0 Å². The van der Waals surface area contributed by atoms with Gasteiger partial charge in [0.25, 0.3) is 11.1 Å². The average molecular weight is 344 g/mol. The predicted octanol–water partition coefficient (Wildman–Crippen LogP) is 4.22. The van der Waals surface area contributed by atoms with E-state index in [4.69, 9.17) is 11.6 Å². The average Bonchev–Trinajstić information content (AvgIpc) is 2.46. The van der Waals surface area contributed by atoms with Gasteiger partial charge in [0.15, 0.2) is 0 Å². The summed E-state index contributed by atoms with van der Waals surface area (Å²) in [7, 11) is 0. The predicted molar refractivity (Wildman–Crippen MR) is 77.7 cm³/mol. The number of carbonyl (C=O) groups excluding carboxylic acids is 2. The van der Waals surface area contributed by atoms with Crippen molar-refractivity contribution >= 4 is 28.4 Å². The van der Waals surface area contributed by atoms with Crippen LogP contribution in [0.1, 0.15) is 20.7 Å². The summed E-state index contributed by atoms with van der Waals surface area (Å²) in [5, 5.41) is 1.66. The van der Waals surface area contributed by atoms with Crippen molar-refractivity contribution in [1.29, 1.82) is 0 Å². The number of carbonyl (C=O) groups is 2. The Labute approximate surface area is 133 Å². The number of halogens is 4. The minimum Gasteiger partial charge on any atom is -0.405 e. The van der Waals surface area contributed by atoms with Crippen molar-refractivity contribution in [3.05, 3.63) is 59.7 Å². The Morgan fingerprint density at radius 1 is 1.04 bits per heavy atom. The third-order valence-corrected chi connectivity index (χ3v) is 2.92. The number of benzene rings is 2. The first-order valence-corrected chi connectivity index (χ1v) is 6.60. The molecular weight excluding hydrogens is 335 g/mol. The number of ether oxygens (including phenoxy) is 1. The summed E-state index contributed by atoms with van der Waals surface area (Å²) in [4.78, 5) is 23.2. The first kappa shape index (κ1) is 16.8. The van der Waals surface area contributed by atoms with E-state index in [0.29, 0.717) is 0 Å². The lowest BCUT2D eigenvalue weighted by molar-refractivity contribution is -0.274. The highest BCUT2D eigenvalue weighted by Gasteiger charge is 2.32. The summed E-state index contributed by atoms with van der Waals surface area (Å²) in [6, 6.07) is 10.6. The molecule has 0 aliphatic carbocycles. The molecule has 0 spiro atoms. The van der Waals surface area contributed by atoms with Crippen molar-refractivity contribution < 1.29 is 27.5 Å². The molecule has 0 unspecified atom stereocenters. The maximum Gasteiger partial charge on any atom is 0.573 e. The highest BCUT2D eigenvalue weighted by atomic mass is 35.5. The third-order valence-electron chi connectivity index (χ3n) is 2.70. The minimum atomic E-state index is -4.92. The molecule has 0 bridgehead atoms. The topological polar surface area (TPSA) is 55.4 Å². The molecule has 0 saturated heterocycles. The standard InChI is InChI=1S/C15H9ClF3NO3/c16-13(21)9-4-3-5-10(8-9)20-14(22)11-6-1-2-7-12(11)23-15(17,18)19/h1-8H,(H,20,22). The highest BCUT2D eigenvalue weighted by molar-refractivity contribution is 6.67. The van der Waals surface area contributed by atoms with Crippen molar-refractivity contribution in [3.63, 3.8) is 0 Å². The fraction of sp³-hybridized carbons (Fsp3) is 0.0667. The van der Waals surface area contributed by atoms with Gasteiger partial charge in [0.2, 0.25) is 0 Å². The molecule has 8 heteroatoms. The summed E-state index contributed by atoms with van der Waals surface area (Å²) in [6.07, 6.45) is -4.92. The van der Waals surface area contributed by atoms with E-state index in [1.807, 2.05) is 0 Å². The Kier molecular flexibility index (Phi) is 4.90. The molecule has 23 heavy (non-hydrogen) atoms. The Balaban J connectivity index is 2.25. The molecule has 2 rings (SSSR count). The molecule has 4 nitrogen and oxygen atoms in total. The second-order valence-corrected chi connectivity index (χ2v) is 4.70. The smallest absolute Gasteiger partial charge is 0.405 e. The van der Waals surface area contributed by atoms with Crippen LogP contribution < -0.4 is 10.1 Å². The molecule has 120 valence electrons. The zero-order valence-electron chi connectivity index (χ0n) is 11.4. The maximum absolute atomic E-state index is 12.3. The molecular formula is C15H9ClF3NO3. The van der Waals surface area contributed by atoms with Crippen LogP contribution in [0.5, 0.6) is 5.75 Å². The Bertz CT molecular complexity index is 747. The van der Waals surface area contributed by atoms with Gasteiger partial charge >= 0.3 is 6.36 Å². The molecule has 0 radical (unpaired) electrons. The van der Waals surface area contributed by atoms with E-state index in [-0.39, 0.29) is 16.8 Å². The van der Waals surface area contributed by atoms with Gasteiger partial charge in [-0.25, -0.2) is 0 Å². The van der Waals surface area contributed by atoms with E-state index in [9.17, 15) is 22.8 Å². The van der Waals surface area contributed by atoms with E-state index < -0.39 is 23.3 Å². The molecule has 0 aromatic heterocycles. The number of anilines is 1. The first-order valence-electron chi connectivity index (χ1n) is 6.22. The van der Waals surface area contributed by atoms with Crippen LogP contribution in [-0.2, 0) is 0 Å². The Morgan fingerprint density at radius 3 is 2.39 bits per heavy atom. The number of hydrogen-bond acceptors (Lipinski definition) is 3. The minimum absolute atomic E-state index is 0.143. The van der Waals surface area contributed by atoms with Crippen LogP contribution >= 0.6 is 11.6 Å². The van der Waals surface area contributed by atoms with E-state index >= 15 is 0 Å². The monoisotopic (exact) mass is 343 g/mol. The summed E-state index contributed by atoms with van der Waals surface area (Å²) in [5.41, 5.74) is 0.0556. The van der Waals surface area contributed by atoms with Gasteiger partial charge < -0.3 is 10.1 Å². The van der Waals surface area contributed by atoms with Crippen LogP contribution in [0.25, 0.3) is 0 Å². The number of nitrogens with one attached hydrogen (secondary N) is 1. The van der Waals surface area contributed by atoms with Crippen molar-refractivity contribution in [1.82, 2.24) is 0 Å². The number of rotatable bonds is 4. The zero-order chi connectivity index (χ0) is 17.0. The van der Waals surface area contributed by atoms with Crippen LogP contribution in [0, 0.1) is 0 Å². The molecule has 0 atom stereocenters. The van der Waals surface area contributed by atoms with Gasteiger partial charge in [0, 0.05) is 11.3 Å². The molecule has 0 fully saturated rings. The van der Waals surface area contributed by atoms with Gasteiger partial charge in [-0.3, -0.25) is 9.59 Å². The lowest BCUT2D eigenvalue weighted by atomic mass is 10.1. The summed E-state index contributed by atoms with van der Waals surface area (Å²) >= 11 is 5.33. The fourth-order valence-electron chi connectivity index (χ4n) is 1.79. The SMILES string of the molecule is O=C(Cl)c1cccc(NC(=O)c2ccccc2OC(F)(F)F)c1. The van der Waals surface area contributed by atoms with Crippen molar-refractivity contribution in [2.75, 3.05) is 5.32 Å². The van der Waals surface area contributed by atoms with Gasteiger partial charge in [-0.05, 0) is 41.9 Å². The van der Waals surface area contributed by atoms with E-state index in [1.165, 1.54) is 42.5 Å². The molecule has 1 N–H and O–H groups in total. The lowest BCUT2D eigenvalue weighted by Crippen LogP contribution is -2.20. The summed E-state index contributed by atoms with van der Waals surface area (Å²) < 4.78 is 40.9. The molecule has 2 aromatic carbocycles. The van der Waals surface area contributed by atoms with Crippen molar-refractivity contribution in [2.45, 2.75) is 6.36 Å². The first-order chi connectivity index (χ1) is 10.8. The summed E-state index contributed by atoms with van der Waals surface area (Å²) in [6.45, 7) is 0. The zero-order valence-corrected chi connectivity index (χ0v) is 12.1. The lowest BCUT2D eigenvalue weighted by Gasteiger charge is -2.13. The third kappa shape index (κ3) is 4.72. The highest BCUT2D eigenvalue weighted by Crippen LogP contribution is 2.27. The van der Waals surface area contributed by atoms with E-state index in [1.54, 1.807) is 0 Å². The van der Waals surface area contributed by atoms with Crippen LogP contribution in [0.4, 0.5) is 18.9 Å². The molecule has 2 aromatic rings. The second-order valence-electron chi connectivity index (χ2n) is 4.35. The van der Waals surface area contributed by atoms with Crippen LogP contribution in [0.15, 0.2) is 48.5 Å². The normalized spacial score (nSPS) is 11.0. The van der Waals surface area contributed by atoms with Gasteiger partial charge in [-0.15, -0.1) is 13.2 Å². The molecule has 1 amide bonds. The van der Waals surface area contributed by atoms with Gasteiger partial charge in [-0.1, -0.05) is 18.2 Å². The largest absolute Gasteiger partial charge is 0.573 e. The van der Waals surface area contributed by atoms with E-state index in [0.717, 1.165) is 6.07 Å². The molecule has 0 heterocycles. The maximum atomic E-state index is 12.3.